The molecule has 1 fully saturated rings. The van der Waals surface area contributed by atoms with Crippen molar-refractivity contribution in [3.63, 3.8) is 0 Å². The Kier molecular flexibility index (Phi) is 5.91. The lowest BCUT2D eigenvalue weighted by Gasteiger charge is -2.14. The number of ether oxygens (including phenoxy) is 2. The molecule has 0 aliphatic carbocycles. The number of carbonyl (C=O) groups excluding carboxylic acids is 3. The minimum atomic E-state index is -0.626. The molecule has 32 heavy (non-hydrogen) atoms. The van der Waals surface area contributed by atoms with Crippen LogP contribution in [0.3, 0.4) is 0 Å². The predicted octanol–water partition coefficient (Wildman–Crippen LogP) is 4.03. The molecule has 7 nitrogen and oxygen atoms in total. The monoisotopic (exact) mass is 448 g/mol. The van der Waals surface area contributed by atoms with E-state index in [0.29, 0.717) is 22.0 Å². The van der Waals surface area contributed by atoms with Gasteiger partial charge in [-0.2, -0.15) is 0 Å². The molecule has 0 saturated carbocycles. The van der Waals surface area contributed by atoms with Crippen LogP contribution in [0.5, 0.6) is 11.5 Å². The Labute approximate surface area is 188 Å². The molecule has 0 spiro atoms. The summed E-state index contributed by atoms with van der Waals surface area (Å²) in [5.74, 6) is -1.09. The zero-order chi connectivity index (χ0) is 22.7. The minimum Gasteiger partial charge on any atom is -0.497 e. The normalized spacial score (nSPS) is 14.4. The van der Waals surface area contributed by atoms with Gasteiger partial charge in [0.15, 0.2) is 0 Å². The van der Waals surface area contributed by atoms with Crippen LogP contribution in [0.15, 0.2) is 78.4 Å². The van der Waals surface area contributed by atoms with Gasteiger partial charge in [0, 0.05) is 10.6 Å². The van der Waals surface area contributed by atoms with Gasteiger partial charge in [0.1, 0.15) is 17.1 Å². The number of benzene rings is 3. The fraction of sp³-hybridized carbons (Fsp3) is 0.0417. The van der Waals surface area contributed by atoms with E-state index in [4.69, 9.17) is 21.1 Å². The maximum Gasteiger partial charge on any atom is 0.343 e. The molecular weight excluding hydrogens is 432 g/mol. The zero-order valence-electron chi connectivity index (χ0n) is 16.9. The summed E-state index contributed by atoms with van der Waals surface area (Å²) in [5.41, 5.74) is 3.52. The Hall–Kier alpha value is -4.10. The number of hydrogen-bond donors (Lipinski definition) is 1. The van der Waals surface area contributed by atoms with Crippen molar-refractivity contribution in [3.05, 3.63) is 94.5 Å². The molecule has 1 N–H and O–H groups in total. The van der Waals surface area contributed by atoms with Crippen LogP contribution >= 0.6 is 11.6 Å². The van der Waals surface area contributed by atoms with Gasteiger partial charge in [-0.05, 0) is 54.6 Å². The number of hydrazine groups is 1. The van der Waals surface area contributed by atoms with Crippen molar-refractivity contribution in [2.75, 3.05) is 12.1 Å². The summed E-state index contributed by atoms with van der Waals surface area (Å²) < 4.78 is 10.7. The highest BCUT2D eigenvalue weighted by Gasteiger charge is 2.34. The van der Waals surface area contributed by atoms with Crippen LogP contribution in [0, 0.1) is 0 Å². The third-order valence-corrected chi connectivity index (χ3v) is 4.92. The second-order valence-electron chi connectivity index (χ2n) is 6.78. The van der Waals surface area contributed by atoms with E-state index in [1.54, 1.807) is 60.7 Å². The second-order valence-corrected chi connectivity index (χ2v) is 7.22. The van der Waals surface area contributed by atoms with Crippen molar-refractivity contribution < 1.29 is 23.9 Å². The van der Waals surface area contributed by atoms with Crippen LogP contribution in [0.4, 0.5) is 5.69 Å². The Balaban J connectivity index is 1.65. The van der Waals surface area contributed by atoms with Crippen molar-refractivity contribution >= 4 is 41.1 Å². The van der Waals surface area contributed by atoms with Crippen LogP contribution in [0.25, 0.3) is 6.08 Å². The van der Waals surface area contributed by atoms with Gasteiger partial charge in [-0.25, -0.2) is 9.80 Å². The molecule has 1 aliphatic heterocycles. The second kappa shape index (κ2) is 8.95. The van der Waals surface area contributed by atoms with Crippen molar-refractivity contribution in [2.45, 2.75) is 0 Å². The third-order valence-electron chi connectivity index (χ3n) is 4.69. The Morgan fingerprint density at radius 3 is 2.53 bits per heavy atom. The molecule has 2 amide bonds. The van der Waals surface area contributed by atoms with E-state index in [0.717, 1.165) is 5.01 Å². The third kappa shape index (κ3) is 4.33. The number of rotatable bonds is 5. The van der Waals surface area contributed by atoms with Gasteiger partial charge in [0.25, 0.3) is 11.8 Å². The van der Waals surface area contributed by atoms with Crippen molar-refractivity contribution in [1.82, 2.24) is 5.43 Å². The van der Waals surface area contributed by atoms with Gasteiger partial charge in [-0.15, -0.1) is 0 Å². The highest BCUT2D eigenvalue weighted by molar-refractivity contribution is 6.32. The molecule has 4 rings (SSSR count). The summed E-state index contributed by atoms with van der Waals surface area (Å²) in [5, 5.41) is 1.50. The molecule has 0 aromatic heterocycles. The van der Waals surface area contributed by atoms with Gasteiger partial charge in [0.05, 0.1) is 18.4 Å². The van der Waals surface area contributed by atoms with Crippen molar-refractivity contribution in [2.24, 2.45) is 0 Å². The van der Waals surface area contributed by atoms with E-state index in [1.807, 2.05) is 0 Å². The van der Waals surface area contributed by atoms with Crippen LogP contribution < -0.4 is 19.9 Å². The first-order valence-corrected chi connectivity index (χ1v) is 9.92. The fourth-order valence-corrected chi connectivity index (χ4v) is 3.29. The van der Waals surface area contributed by atoms with E-state index in [9.17, 15) is 14.4 Å². The van der Waals surface area contributed by atoms with Crippen molar-refractivity contribution in [1.29, 1.82) is 0 Å². The van der Waals surface area contributed by atoms with E-state index in [2.05, 4.69) is 5.43 Å². The number of anilines is 1. The van der Waals surface area contributed by atoms with Gasteiger partial charge in [-0.1, -0.05) is 35.9 Å². The smallest absolute Gasteiger partial charge is 0.343 e. The number of amides is 2. The lowest BCUT2D eigenvalue weighted by atomic mass is 10.1. The first-order chi connectivity index (χ1) is 15.5. The summed E-state index contributed by atoms with van der Waals surface area (Å²) in [6.45, 7) is 0. The number of nitrogens with zero attached hydrogens (tertiary/aromatic N) is 1. The quantitative estimate of drug-likeness (QED) is 0.276. The maximum atomic E-state index is 12.9. The van der Waals surface area contributed by atoms with E-state index >= 15 is 0 Å². The number of para-hydroxylation sites is 1. The topological polar surface area (TPSA) is 84.9 Å². The summed E-state index contributed by atoms with van der Waals surface area (Å²) in [6, 6.07) is 19.8. The highest BCUT2D eigenvalue weighted by atomic mass is 35.5. The highest BCUT2D eigenvalue weighted by Crippen LogP contribution is 2.29. The average Bonchev–Trinajstić information content (AvgIpc) is 3.09. The lowest BCUT2D eigenvalue weighted by Crippen LogP contribution is -2.35. The molecule has 3 aromatic rings. The lowest BCUT2D eigenvalue weighted by molar-refractivity contribution is -0.117. The number of methoxy groups -OCH3 is 1. The molecule has 1 heterocycles. The number of esters is 1. The number of carbonyl (C=O) groups is 3. The van der Waals surface area contributed by atoms with Crippen LogP contribution in [-0.2, 0) is 9.59 Å². The van der Waals surface area contributed by atoms with Gasteiger partial charge < -0.3 is 9.47 Å². The molecule has 0 unspecified atom stereocenters. The molecule has 160 valence electrons. The van der Waals surface area contributed by atoms with Gasteiger partial charge in [-0.3, -0.25) is 15.0 Å². The molecule has 0 radical (unpaired) electrons. The van der Waals surface area contributed by atoms with Crippen molar-refractivity contribution in [3.8, 4) is 11.5 Å². The molecule has 8 heteroatoms. The molecule has 0 bridgehead atoms. The Morgan fingerprint density at radius 2 is 1.78 bits per heavy atom. The first-order valence-electron chi connectivity index (χ1n) is 9.54. The number of nitrogens with one attached hydrogen (secondary N) is 1. The Morgan fingerprint density at radius 1 is 1.00 bits per heavy atom. The summed E-state index contributed by atoms with van der Waals surface area (Å²) in [6.07, 6.45) is 1.35. The van der Waals surface area contributed by atoms with Gasteiger partial charge in [0.2, 0.25) is 0 Å². The average molecular weight is 449 g/mol. The Bertz CT molecular complexity index is 1240. The van der Waals surface area contributed by atoms with E-state index in [-0.39, 0.29) is 16.9 Å². The zero-order valence-corrected chi connectivity index (χ0v) is 17.6. The molecule has 1 aliphatic rings. The van der Waals surface area contributed by atoms with Crippen LogP contribution in [0.2, 0.25) is 5.02 Å². The van der Waals surface area contributed by atoms with Gasteiger partial charge >= 0.3 is 5.97 Å². The van der Waals surface area contributed by atoms with Crippen LogP contribution in [0.1, 0.15) is 15.9 Å². The first kappa shape index (κ1) is 21.1. The summed E-state index contributed by atoms with van der Waals surface area (Å²) in [4.78, 5) is 38.0. The van der Waals surface area contributed by atoms with Crippen LogP contribution in [-0.4, -0.2) is 24.9 Å². The largest absolute Gasteiger partial charge is 0.497 e. The SMILES string of the molecule is COc1cccc(C(=O)Oc2ccc(Cl)cc2/C=C2/C(=O)NN(c3ccccc3)C2=O)c1. The molecule has 0 atom stereocenters. The number of hydrogen-bond acceptors (Lipinski definition) is 5. The summed E-state index contributed by atoms with van der Waals surface area (Å²) >= 11 is 6.11. The maximum absolute atomic E-state index is 12.9. The van der Waals surface area contributed by atoms with E-state index < -0.39 is 17.8 Å². The number of halogens is 1. The molecule has 3 aromatic carbocycles. The summed E-state index contributed by atoms with van der Waals surface area (Å²) in [7, 11) is 1.50. The van der Waals surface area contributed by atoms with E-state index in [1.165, 1.54) is 25.3 Å². The molecular formula is C24H17ClN2O5. The fourth-order valence-electron chi connectivity index (χ4n) is 3.11. The minimum absolute atomic E-state index is 0.116. The predicted molar refractivity (Wildman–Crippen MR) is 119 cm³/mol. The molecule has 1 saturated heterocycles. The standard InChI is InChI=1S/C24H17ClN2O5/c1-31-19-9-5-6-15(13-19)24(30)32-21-11-10-17(25)12-16(21)14-20-22(28)26-27(23(20)29)18-7-3-2-4-8-18/h2-14H,1H3,(H,26,28)/b20-14-.